The molecule has 0 aliphatic rings. The Morgan fingerprint density at radius 3 is 2.69 bits per heavy atom. The van der Waals surface area contributed by atoms with Crippen LogP contribution in [0.2, 0.25) is 0 Å². The first-order valence-corrected chi connectivity index (χ1v) is 11.8. The summed E-state index contributed by atoms with van der Waals surface area (Å²) in [5.74, 6) is -0.747. The lowest BCUT2D eigenvalue weighted by molar-refractivity contribution is -0.146. The van der Waals surface area contributed by atoms with E-state index in [-0.39, 0.29) is 18.0 Å². The van der Waals surface area contributed by atoms with Gasteiger partial charge in [-0.05, 0) is 30.0 Å². The SMILES string of the molecule is CCCCOC(=O)C(Cc1c[nH]c2ccccc12)NC(=O)c1coc(C(N)Cc2ccccc2)n1. The van der Waals surface area contributed by atoms with E-state index in [1.54, 1.807) is 0 Å². The molecule has 2 unspecified atom stereocenters. The zero-order valence-corrected chi connectivity index (χ0v) is 19.7. The third-order valence-corrected chi connectivity index (χ3v) is 5.80. The van der Waals surface area contributed by atoms with E-state index in [0.29, 0.717) is 13.0 Å². The van der Waals surface area contributed by atoms with Crippen molar-refractivity contribution in [2.24, 2.45) is 5.73 Å². The topological polar surface area (TPSA) is 123 Å². The first kappa shape index (κ1) is 24.2. The quantitative estimate of drug-likeness (QED) is 0.222. The molecule has 8 heteroatoms. The highest BCUT2D eigenvalue weighted by molar-refractivity contribution is 5.95. The summed E-state index contributed by atoms with van der Waals surface area (Å²) in [6, 6.07) is 16.2. The lowest BCUT2D eigenvalue weighted by Gasteiger charge is -2.17. The van der Waals surface area contributed by atoms with Crippen LogP contribution in [-0.4, -0.2) is 34.5 Å². The Hall–Kier alpha value is -3.91. The summed E-state index contributed by atoms with van der Waals surface area (Å²) in [6.45, 7) is 2.32. The van der Waals surface area contributed by atoms with E-state index in [1.807, 2.05) is 67.7 Å². The summed E-state index contributed by atoms with van der Waals surface area (Å²) in [7, 11) is 0. The van der Waals surface area contributed by atoms with Gasteiger partial charge in [-0.15, -0.1) is 0 Å². The summed E-state index contributed by atoms with van der Waals surface area (Å²) < 4.78 is 10.9. The number of aromatic amines is 1. The number of hydrogen-bond donors (Lipinski definition) is 3. The molecule has 0 saturated carbocycles. The van der Waals surface area contributed by atoms with Crippen LogP contribution in [0.1, 0.15) is 53.3 Å². The Kier molecular flexibility index (Phi) is 7.95. The summed E-state index contributed by atoms with van der Waals surface area (Å²) in [5.41, 5.74) is 9.20. The van der Waals surface area contributed by atoms with Crippen LogP contribution < -0.4 is 11.1 Å². The molecular formula is C27H30N4O4. The third-order valence-electron chi connectivity index (χ3n) is 5.80. The van der Waals surface area contributed by atoms with E-state index >= 15 is 0 Å². The first-order valence-electron chi connectivity index (χ1n) is 11.8. The molecule has 4 aromatic rings. The molecule has 2 aromatic carbocycles. The molecule has 2 aromatic heterocycles. The van der Waals surface area contributed by atoms with Gasteiger partial charge in [-0.25, -0.2) is 9.78 Å². The smallest absolute Gasteiger partial charge is 0.328 e. The molecule has 35 heavy (non-hydrogen) atoms. The van der Waals surface area contributed by atoms with Gasteiger partial charge >= 0.3 is 5.97 Å². The highest BCUT2D eigenvalue weighted by Crippen LogP contribution is 2.20. The number of esters is 1. The van der Waals surface area contributed by atoms with Gasteiger partial charge in [-0.3, -0.25) is 4.79 Å². The summed E-state index contributed by atoms with van der Waals surface area (Å²) in [6.07, 6.45) is 5.57. The van der Waals surface area contributed by atoms with Gasteiger partial charge in [0, 0.05) is 23.5 Å². The molecule has 2 heterocycles. The summed E-state index contributed by atoms with van der Waals surface area (Å²) >= 11 is 0. The minimum absolute atomic E-state index is 0.0637. The fourth-order valence-corrected chi connectivity index (χ4v) is 3.88. The number of benzene rings is 2. The number of oxazole rings is 1. The molecule has 0 radical (unpaired) electrons. The minimum Gasteiger partial charge on any atom is -0.464 e. The Balaban J connectivity index is 1.47. The van der Waals surface area contributed by atoms with Gasteiger partial charge in [-0.1, -0.05) is 61.9 Å². The third kappa shape index (κ3) is 6.16. The molecule has 1 amide bonds. The monoisotopic (exact) mass is 474 g/mol. The normalized spacial score (nSPS) is 12.9. The van der Waals surface area contributed by atoms with E-state index in [0.717, 1.165) is 34.9 Å². The number of fused-ring (bicyclic) bond motifs is 1. The molecule has 8 nitrogen and oxygen atoms in total. The largest absolute Gasteiger partial charge is 0.464 e. The number of carbonyl (C=O) groups is 2. The highest BCUT2D eigenvalue weighted by Gasteiger charge is 2.26. The second-order valence-corrected chi connectivity index (χ2v) is 8.48. The number of unbranched alkanes of at least 4 members (excludes halogenated alkanes) is 1. The number of ether oxygens (including phenoxy) is 1. The second kappa shape index (κ2) is 11.5. The Bertz CT molecular complexity index is 1260. The van der Waals surface area contributed by atoms with Crippen molar-refractivity contribution in [3.63, 3.8) is 0 Å². The molecule has 0 spiro atoms. The first-order chi connectivity index (χ1) is 17.0. The lowest BCUT2D eigenvalue weighted by atomic mass is 10.0. The fraction of sp³-hybridized carbons (Fsp3) is 0.296. The number of carbonyl (C=O) groups excluding carboxylic acids is 2. The maximum absolute atomic E-state index is 13.0. The molecule has 2 atom stereocenters. The van der Waals surface area contributed by atoms with Gasteiger partial charge < -0.3 is 25.2 Å². The number of nitrogens with two attached hydrogens (primary N) is 1. The lowest BCUT2D eigenvalue weighted by Crippen LogP contribution is -2.43. The van der Waals surface area contributed by atoms with Crippen LogP contribution in [0.5, 0.6) is 0 Å². The number of aromatic nitrogens is 2. The Labute approximate surface area is 203 Å². The van der Waals surface area contributed by atoms with Crippen LogP contribution >= 0.6 is 0 Å². The van der Waals surface area contributed by atoms with E-state index in [9.17, 15) is 9.59 Å². The van der Waals surface area contributed by atoms with Gasteiger partial charge in [0.1, 0.15) is 12.3 Å². The molecule has 0 aliphatic heterocycles. The maximum Gasteiger partial charge on any atom is 0.328 e. The van der Waals surface area contributed by atoms with E-state index < -0.39 is 24.0 Å². The zero-order valence-electron chi connectivity index (χ0n) is 19.7. The number of nitrogens with one attached hydrogen (secondary N) is 2. The van der Waals surface area contributed by atoms with Crippen LogP contribution in [0.4, 0.5) is 0 Å². The number of H-pyrrole nitrogens is 1. The Morgan fingerprint density at radius 1 is 1.11 bits per heavy atom. The number of hydrogen-bond acceptors (Lipinski definition) is 6. The molecule has 0 fully saturated rings. The zero-order chi connectivity index (χ0) is 24.6. The summed E-state index contributed by atoms with van der Waals surface area (Å²) in [4.78, 5) is 33.3. The molecule has 182 valence electrons. The number of amides is 1. The predicted octanol–water partition coefficient (Wildman–Crippen LogP) is 4.08. The molecular weight excluding hydrogens is 444 g/mol. The summed E-state index contributed by atoms with van der Waals surface area (Å²) in [5, 5.41) is 3.76. The molecule has 4 rings (SSSR count). The number of rotatable bonds is 11. The van der Waals surface area contributed by atoms with Crippen molar-refractivity contribution in [2.75, 3.05) is 6.61 Å². The fourth-order valence-electron chi connectivity index (χ4n) is 3.88. The van der Waals surface area contributed by atoms with Gasteiger partial charge in [0.2, 0.25) is 5.89 Å². The molecule has 4 N–H and O–H groups in total. The van der Waals surface area contributed by atoms with Gasteiger partial charge in [0.25, 0.3) is 5.91 Å². The maximum atomic E-state index is 13.0. The van der Waals surface area contributed by atoms with Crippen molar-refractivity contribution >= 4 is 22.8 Å². The van der Waals surface area contributed by atoms with E-state index in [1.165, 1.54) is 6.26 Å². The number of nitrogens with zero attached hydrogens (tertiary/aromatic N) is 1. The predicted molar refractivity (Wildman–Crippen MR) is 133 cm³/mol. The van der Waals surface area contributed by atoms with Crippen LogP contribution in [0.3, 0.4) is 0 Å². The van der Waals surface area contributed by atoms with Gasteiger partial charge in [0.05, 0.1) is 12.6 Å². The van der Waals surface area contributed by atoms with Gasteiger partial charge in [0.15, 0.2) is 5.69 Å². The molecule has 0 bridgehead atoms. The van der Waals surface area contributed by atoms with E-state index in [4.69, 9.17) is 14.9 Å². The van der Waals surface area contributed by atoms with Crippen LogP contribution in [0.25, 0.3) is 10.9 Å². The second-order valence-electron chi connectivity index (χ2n) is 8.48. The van der Waals surface area contributed by atoms with Gasteiger partial charge in [-0.2, -0.15) is 0 Å². The van der Waals surface area contributed by atoms with Crippen molar-refractivity contribution < 1.29 is 18.7 Å². The Morgan fingerprint density at radius 2 is 1.89 bits per heavy atom. The van der Waals surface area contributed by atoms with Crippen molar-refractivity contribution in [1.82, 2.24) is 15.3 Å². The molecule has 0 saturated heterocycles. The van der Waals surface area contributed by atoms with Crippen LogP contribution in [0.15, 0.2) is 71.5 Å². The average Bonchev–Trinajstić information content (AvgIpc) is 3.52. The highest BCUT2D eigenvalue weighted by atomic mass is 16.5. The standard InChI is InChI=1S/C27H30N4O4/c1-2-3-13-34-27(33)23(15-19-16-29-22-12-8-7-11-20(19)22)30-25(32)24-17-35-26(31-24)21(28)14-18-9-5-4-6-10-18/h4-12,16-17,21,23,29H,2-3,13-15,28H2,1H3,(H,30,32). The van der Waals surface area contributed by atoms with Crippen LogP contribution in [0, 0.1) is 0 Å². The van der Waals surface area contributed by atoms with E-state index in [2.05, 4.69) is 15.3 Å². The molecule has 0 aliphatic carbocycles. The van der Waals surface area contributed by atoms with Crippen molar-refractivity contribution in [2.45, 2.75) is 44.7 Å². The number of para-hydroxylation sites is 1. The van der Waals surface area contributed by atoms with Crippen molar-refractivity contribution in [3.8, 4) is 0 Å². The van der Waals surface area contributed by atoms with Crippen LogP contribution in [-0.2, 0) is 22.4 Å². The average molecular weight is 475 g/mol. The van der Waals surface area contributed by atoms with Crippen molar-refractivity contribution in [1.29, 1.82) is 0 Å². The minimum atomic E-state index is -0.878. The van der Waals surface area contributed by atoms with Crippen molar-refractivity contribution in [3.05, 3.63) is 89.8 Å².